The first-order valence-corrected chi connectivity index (χ1v) is 7.42. The van der Waals surface area contributed by atoms with E-state index in [-0.39, 0.29) is 5.69 Å². The third kappa shape index (κ3) is 3.65. The molecular formula is C18H16F2N4. The fraction of sp³-hybridized carbons (Fsp3) is 0.111. The second-order valence-corrected chi connectivity index (χ2v) is 5.41. The third-order valence-electron chi connectivity index (χ3n) is 3.44. The van der Waals surface area contributed by atoms with Gasteiger partial charge in [0.2, 0.25) is 5.95 Å². The van der Waals surface area contributed by atoms with E-state index in [4.69, 9.17) is 0 Å². The van der Waals surface area contributed by atoms with Crippen molar-refractivity contribution < 1.29 is 8.78 Å². The predicted molar refractivity (Wildman–Crippen MR) is 90.9 cm³/mol. The predicted octanol–water partition coefficient (Wildman–Crippen LogP) is 4.86. The average molecular weight is 326 g/mol. The molecule has 1 aromatic heterocycles. The van der Waals surface area contributed by atoms with Crippen LogP contribution in [0.5, 0.6) is 0 Å². The Morgan fingerprint density at radius 2 is 1.62 bits per heavy atom. The van der Waals surface area contributed by atoms with E-state index in [1.54, 1.807) is 6.07 Å². The molecule has 0 aliphatic rings. The summed E-state index contributed by atoms with van der Waals surface area (Å²) in [5.41, 5.74) is 2.81. The molecule has 1 heterocycles. The van der Waals surface area contributed by atoms with Crippen molar-refractivity contribution in [2.75, 3.05) is 10.6 Å². The van der Waals surface area contributed by atoms with Crippen LogP contribution in [0.3, 0.4) is 0 Å². The number of anilines is 4. The summed E-state index contributed by atoms with van der Waals surface area (Å²) in [6.45, 7) is 3.79. The lowest BCUT2D eigenvalue weighted by atomic mass is 10.2. The van der Waals surface area contributed by atoms with Crippen molar-refractivity contribution >= 4 is 23.1 Å². The van der Waals surface area contributed by atoms with Gasteiger partial charge in [-0.2, -0.15) is 4.98 Å². The molecule has 0 saturated heterocycles. The topological polar surface area (TPSA) is 49.8 Å². The van der Waals surface area contributed by atoms with Gasteiger partial charge in [-0.1, -0.05) is 18.2 Å². The van der Waals surface area contributed by atoms with Crippen molar-refractivity contribution in [3.8, 4) is 0 Å². The maximum Gasteiger partial charge on any atom is 0.229 e. The molecule has 0 fully saturated rings. The number of nitrogens with zero attached hydrogens (tertiary/aromatic N) is 2. The summed E-state index contributed by atoms with van der Waals surface area (Å²) in [5.74, 6) is -0.489. The van der Waals surface area contributed by atoms with Crippen LogP contribution < -0.4 is 10.6 Å². The largest absolute Gasteiger partial charge is 0.338 e. The summed E-state index contributed by atoms with van der Waals surface area (Å²) in [6.07, 6.45) is 0. The number of hydrogen-bond acceptors (Lipinski definition) is 4. The molecule has 3 aromatic rings. The van der Waals surface area contributed by atoms with Gasteiger partial charge in [-0.3, -0.25) is 0 Å². The molecule has 3 rings (SSSR count). The molecule has 0 spiro atoms. The van der Waals surface area contributed by atoms with Gasteiger partial charge in [0.1, 0.15) is 17.5 Å². The van der Waals surface area contributed by atoms with Crippen LogP contribution in [-0.2, 0) is 0 Å². The molecule has 0 aliphatic heterocycles. The van der Waals surface area contributed by atoms with Crippen LogP contribution in [-0.4, -0.2) is 9.97 Å². The zero-order valence-corrected chi connectivity index (χ0v) is 13.3. The molecule has 0 atom stereocenters. The lowest BCUT2D eigenvalue weighted by molar-refractivity contribution is 0.586. The van der Waals surface area contributed by atoms with E-state index in [1.165, 1.54) is 12.1 Å². The van der Waals surface area contributed by atoms with Crippen molar-refractivity contribution in [1.29, 1.82) is 0 Å². The molecule has 0 unspecified atom stereocenters. The Bertz CT molecular complexity index is 881. The average Bonchev–Trinajstić information content (AvgIpc) is 2.52. The molecule has 4 nitrogen and oxygen atoms in total. The Balaban J connectivity index is 1.87. The van der Waals surface area contributed by atoms with Gasteiger partial charge >= 0.3 is 0 Å². The Labute approximate surface area is 138 Å². The number of para-hydroxylation sites is 1. The second-order valence-electron chi connectivity index (χ2n) is 5.41. The highest BCUT2D eigenvalue weighted by Crippen LogP contribution is 2.22. The van der Waals surface area contributed by atoms with Gasteiger partial charge in [-0.25, -0.2) is 13.8 Å². The van der Waals surface area contributed by atoms with Crippen LogP contribution in [0, 0.1) is 25.5 Å². The smallest absolute Gasteiger partial charge is 0.229 e. The van der Waals surface area contributed by atoms with Crippen molar-refractivity contribution in [1.82, 2.24) is 9.97 Å². The monoisotopic (exact) mass is 326 g/mol. The molecule has 0 bridgehead atoms. The van der Waals surface area contributed by atoms with Gasteiger partial charge in [0.25, 0.3) is 0 Å². The Hall–Kier alpha value is -3.02. The number of aromatic nitrogens is 2. The van der Waals surface area contributed by atoms with Crippen LogP contribution in [0.1, 0.15) is 11.3 Å². The SMILES string of the molecule is Cc1cc(Nc2ccc(F)cc2F)nc(Nc2ccccc2C)n1. The van der Waals surface area contributed by atoms with Crippen LogP contribution >= 0.6 is 0 Å². The molecule has 0 radical (unpaired) electrons. The van der Waals surface area contributed by atoms with E-state index in [9.17, 15) is 8.78 Å². The maximum absolute atomic E-state index is 13.8. The number of nitrogens with one attached hydrogen (secondary N) is 2. The van der Waals surface area contributed by atoms with Crippen LogP contribution in [0.4, 0.5) is 31.9 Å². The zero-order chi connectivity index (χ0) is 17.1. The van der Waals surface area contributed by atoms with E-state index in [2.05, 4.69) is 20.6 Å². The molecule has 122 valence electrons. The zero-order valence-electron chi connectivity index (χ0n) is 13.3. The van der Waals surface area contributed by atoms with Gasteiger partial charge < -0.3 is 10.6 Å². The summed E-state index contributed by atoms with van der Waals surface area (Å²) in [7, 11) is 0. The van der Waals surface area contributed by atoms with Gasteiger partial charge in [0, 0.05) is 23.5 Å². The molecular weight excluding hydrogens is 310 g/mol. The van der Waals surface area contributed by atoms with Gasteiger partial charge in [-0.05, 0) is 37.6 Å². The molecule has 0 amide bonds. The quantitative estimate of drug-likeness (QED) is 0.719. The standard InChI is InChI=1S/C18H16F2N4/c1-11-5-3-4-6-15(11)23-18-21-12(2)9-17(24-18)22-16-8-7-13(19)10-14(16)20/h3-10H,1-2H3,(H2,21,22,23,24). The number of rotatable bonds is 4. The molecule has 0 aliphatic carbocycles. The first-order chi connectivity index (χ1) is 11.5. The number of hydrogen-bond donors (Lipinski definition) is 2. The minimum absolute atomic E-state index is 0.149. The Morgan fingerprint density at radius 1 is 0.833 bits per heavy atom. The normalized spacial score (nSPS) is 10.5. The fourth-order valence-electron chi connectivity index (χ4n) is 2.25. The Morgan fingerprint density at radius 3 is 2.38 bits per heavy atom. The summed E-state index contributed by atoms with van der Waals surface area (Å²) < 4.78 is 26.8. The van der Waals surface area contributed by atoms with Gasteiger partial charge in [0.05, 0.1) is 5.69 Å². The highest BCUT2D eigenvalue weighted by atomic mass is 19.1. The number of benzene rings is 2. The van der Waals surface area contributed by atoms with Crippen molar-refractivity contribution in [3.63, 3.8) is 0 Å². The van der Waals surface area contributed by atoms with Crippen LogP contribution in [0.2, 0.25) is 0 Å². The molecule has 2 aromatic carbocycles. The second kappa shape index (κ2) is 6.62. The number of aryl methyl sites for hydroxylation is 2. The summed E-state index contributed by atoms with van der Waals surface area (Å²) >= 11 is 0. The van der Waals surface area contributed by atoms with Gasteiger partial charge in [0.15, 0.2) is 0 Å². The van der Waals surface area contributed by atoms with E-state index in [1.807, 2.05) is 38.1 Å². The van der Waals surface area contributed by atoms with E-state index >= 15 is 0 Å². The fourth-order valence-corrected chi connectivity index (χ4v) is 2.25. The molecule has 6 heteroatoms. The van der Waals surface area contributed by atoms with E-state index in [0.29, 0.717) is 17.5 Å². The minimum atomic E-state index is -0.681. The highest BCUT2D eigenvalue weighted by molar-refractivity contribution is 5.62. The lowest BCUT2D eigenvalue weighted by Gasteiger charge is -2.11. The van der Waals surface area contributed by atoms with Crippen molar-refractivity contribution in [2.24, 2.45) is 0 Å². The third-order valence-corrected chi connectivity index (χ3v) is 3.44. The van der Waals surface area contributed by atoms with Crippen LogP contribution in [0.25, 0.3) is 0 Å². The summed E-state index contributed by atoms with van der Waals surface area (Å²) in [6, 6.07) is 12.8. The molecule has 0 saturated carbocycles. The lowest BCUT2D eigenvalue weighted by Crippen LogP contribution is -2.04. The molecule has 24 heavy (non-hydrogen) atoms. The molecule has 2 N–H and O–H groups in total. The van der Waals surface area contributed by atoms with E-state index in [0.717, 1.165) is 17.3 Å². The van der Waals surface area contributed by atoms with Crippen LogP contribution in [0.15, 0.2) is 48.5 Å². The van der Waals surface area contributed by atoms with Crippen molar-refractivity contribution in [3.05, 3.63) is 71.4 Å². The van der Waals surface area contributed by atoms with E-state index < -0.39 is 11.6 Å². The Kier molecular flexibility index (Phi) is 4.37. The first-order valence-electron chi connectivity index (χ1n) is 7.42. The number of halogens is 2. The highest BCUT2D eigenvalue weighted by Gasteiger charge is 2.08. The van der Waals surface area contributed by atoms with Gasteiger partial charge in [-0.15, -0.1) is 0 Å². The summed E-state index contributed by atoms with van der Waals surface area (Å²) in [4.78, 5) is 8.67. The summed E-state index contributed by atoms with van der Waals surface area (Å²) in [5, 5.41) is 6.00. The first kappa shape index (κ1) is 15.9. The maximum atomic E-state index is 13.8. The van der Waals surface area contributed by atoms with Crippen molar-refractivity contribution in [2.45, 2.75) is 13.8 Å². The minimum Gasteiger partial charge on any atom is -0.338 e.